The van der Waals surface area contributed by atoms with E-state index in [0.717, 1.165) is 31.7 Å². The van der Waals surface area contributed by atoms with Crippen molar-refractivity contribution < 1.29 is 4.79 Å². The summed E-state index contributed by atoms with van der Waals surface area (Å²) in [5.41, 5.74) is 0.0850. The van der Waals surface area contributed by atoms with Gasteiger partial charge in [-0.15, -0.1) is 0 Å². The van der Waals surface area contributed by atoms with Crippen LogP contribution < -0.4 is 5.32 Å². The molecule has 1 amide bonds. The van der Waals surface area contributed by atoms with Crippen LogP contribution in [-0.2, 0) is 4.79 Å². The Balaban J connectivity index is 1.91. The lowest BCUT2D eigenvalue weighted by atomic mass is 9.79. The summed E-state index contributed by atoms with van der Waals surface area (Å²) in [4.78, 5) is 14.7. The fourth-order valence-corrected chi connectivity index (χ4v) is 4.52. The summed E-state index contributed by atoms with van der Waals surface area (Å²) in [6.07, 6.45) is 8.05. The standard InChI is InChI=1S/C15H28N2OS/c1-3-13-12-17(9-10-19-13)14(18)11-15(16-2)7-5-4-6-8-15/h13,16H,3-12H2,1-2H3. The summed E-state index contributed by atoms with van der Waals surface area (Å²) in [7, 11) is 2.03. The smallest absolute Gasteiger partial charge is 0.224 e. The zero-order chi connectivity index (χ0) is 13.7. The van der Waals surface area contributed by atoms with Gasteiger partial charge in [-0.2, -0.15) is 11.8 Å². The second-order valence-corrected chi connectivity index (χ2v) is 7.42. The van der Waals surface area contributed by atoms with Gasteiger partial charge in [0, 0.05) is 36.1 Å². The minimum Gasteiger partial charge on any atom is -0.341 e. The maximum Gasteiger partial charge on any atom is 0.224 e. The minimum absolute atomic E-state index is 0.0850. The Morgan fingerprint density at radius 2 is 2.11 bits per heavy atom. The highest BCUT2D eigenvalue weighted by Gasteiger charge is 2.35. The highest BCUT2D eigenvalue weighted by atomic mass is 32.2. The number of carbonyl (C=O) groups is 1. The van der Waals surface area contributed by atoms with Gasteiger partial charge >= 0.3 is 0 Å². The van der Waals surface area contributed by atoms with Crippen LogP contribution in [0.25, 0.3) is 0 Å². The first kappa shape index (κ1) is 15.2. The van der Waals surface area contributed by atoms with Crippen LogP contribution in [0.1, 0.15) is 51.9 Å². The number of nitrogens with zero attached hydrogens (tertiary/aromatic N) is 1. The quantitative estimate of drug-likeness (QED) is 0.861. The van der Waals surface area contributed by atoms with E-state index < -0.39 is 0 Å². The van der Waals surface area contributed by atoms with Gasteiger partial charge in [0.05, 0.1) is 0 Å². The van der Waals surface area contributed by atoms with Crippen LogP contribution >= 0.6 is 11.8 Å². The second kappa shape index (κ2) is 6.98. The molecule has 0 aromatic rings. The molecule has 0 aromatic carbocycles. The van der Waals surface area contributed by atoms with E-state index in [9.17, 15) is 4.79 Å². The molecule has 1 aliphatic carbocycles. The predicted octanol–water partition coefficient (Wildman–Crippen LogP) is 2.65. The molecule has 19 heavy (non-hydrogen) atoms. The van der Waals surface area contributed by atoms with E-state index in [2.05, 4.69) is 17.1 Å². The summed E-state index contributed by atoms with van der Waals surface area (Å²) in [6, 6.07) is 0. The average molecular weight is 284 g/mol. The average Bonchev–Trinajstić information content (AvgIpc) is 2.48. The maximum atomic E-state index is 12.6. The van der Waals surface area contributed by atoms with E-state index in [0.29, 0.717) is 17.6 Å². The molecule has 110 valence electrons. The third-order valence-electron chi connectivity index (χ3n) is 4.78. The summed E-state index contributed by atoms with van der Waals surface area (Å²) in [5.74, 6) is 1.48. The summed E-state index contributed by atoms with van der Waals surface area (Å²) in [6.45, 7) is 4.13. The third-order valence-corrected chi connectivity index (χ3v) is 6.15. The van der Waals surface area contributed by atoms with Crippen molar-refractivity contribution >= 4 is 17.7 Å². The van der Waals surface area contributed by atoms with E-state index in [-0.39, 0.29) is 5.54 Å². The number of amides is 1. The Hall–Kier alpha value is -0.220. The zero-order valence-corrected chi connectivity index (χ0v) is 13.2. The molecule has 1 N–H and O–H groups in total. The molecule has 1 saturated heterocycles. The monoisotopic (exact) mass is 284 g/mol. The van der Waals surface area contributed by atoms with Crippen molar-refractivity contribution in [1.29, 1.82) is 0 Å². The molecule has 2 fully saturated rings. The number of hydrogen-bond acceptors (Lipinski definition) is 3. The minimum atomic E-state index is 0.0850. The molecule has 1 heterocycles. The molecular formula is C15H28N2OS. The first-order valence-electron chi connectivity index (χ1n) is 7.77. The molecule has 0 radical (unpaired) electrons. The molecular weight excluding hydrogens is 256 g/mol. The Morgan fingerprint density at radius 1 is 1.37 bits per heavy atom. The predicted molar refractivity (Wildman–Crippen MR) is 82.6 cm³/mol. The number of nitrogens with one attached hydrogen (secondary N) is 1. The molecule has 2 aliphatic rings. The van der Waals surface area contributed by atoms with Gasteiger partial charge in [-0.05, 0) is 26.3 Å². The van der Waals surface area contributed by atoms with Crippen molar-refractivity contribution in [3.63, 3.8) is 0 Å². The lowest BCUT2D eigenvalue weighted by Gasteiger charge is -2.39. The van der Waals surface area contributed by atoms with Gasteiger partial charge in [0.15, 0.2) is 0 Å². The van der Waals surface area contributed by atoms with E-state index in [1.54, 1.807) is 0 Å². The van der Waals surface area contributed by atoms with E-state index >= 15 is 0 Å². The van der Waals surface area contributed by atoms with Crippen LogP contribution in [-0.4, -0.2) is 47.5 Å². The highest BCUT2D eigenvalue weighted by Crippen LogP contribution is 2.32. The van der Waals surface area contributed by atoms with E-state index in [1.807, 2.05) is 18.8 Å². The van der Waals surface area contributed by atoms with Crippen molar-refractivity contribution in [2.75, 3.05) is 25.9 Å². The van der Waals surface area contributed by atoms with Crippen LogP contribution in [0.3, 0.4) is 0 Å². The fraction of sp³-hybridized carbons (Fsp3) is 0.933. The topological polar surface area (TPSA) is 32.3 Å². The number of carbonyl (C=O) groups excluding carboxylic acids is 1. The lowest BCUT2D eigenvalue weighted by molar-refractivity contribution is -0.133. The normalized spacial score (nSPS) is 27.3. The van der Waals surface area contributed by atoms with E-state index in [4.69, 9.17) is 0 Å². The summed E-state index contributed by atoms with van der Waals surface area (Å²) in [5, 5.41) is 4.11. The number of rotatable bonds is 4. The molecule has 0 aromatic heterocycles. The van der Waals surface area contributed by atoms with Crippen molar-refractivity contribution in [1.82, 2.24) is 10.2 Å². The summed E-state index contributed by atoms with van der Waals surface area (Å²) < 4.78 is 0. The Kier molecular flexibility index (Phi) is 5.58. The van der Waals surface area contributed by atoms with Gasteiger partial charge in [-0.25, -0.2) is 0 Å². The number of hydrogen-bond donors (Lipinski definition) is 1. The van der Waals surface area contributed by atoms with Gasteiger partial charge in [0.2, 0.25) is 5.91 Å². The fourth-order valence-electron chi connectivity index (χ4n) is 3.34. The van der Waals surface area contributed by atoms with Crippen LogP contribution in [0.15, 0.2) is 0 Å². The van der Waals surface area contributed by atoms with Crippen LogP contribution in [0.5, 0.6) is 0 Å². The SMILES string of the molecule is CCC1CN(C(=O)CC2(NC)CCCCC2)CCS1. The number of thioether (sulfide) groups is 1. The van der Waals surface area contributed by atoms with Crippen molar-refractivity contribution in [3.8, 4) is 0 Å². The molecule has 1 aliphatic heterocycles. The molecule has 1 saturated carbocycles. The van der Waals surface area contributed by atoms with Crippen LogP contribution in [0.2, 0.25) is 0 Å². The third kappa shape index (κ3) is 3.88. The first-order valence-corrected chi connectivity index (χ1v) is 8.82. The van der Waals surface area contributed by atoms with Crippen LogP contribution in [0.4, 0.5) is 0 Å². The maximum absolute atomic E-state index is 12.6. The van der Waals surface area contributed by atoms with Gasteiger partial charge in [-0.1, -0.05) is 26.2 Å². The van der Waals surface area contributed by atoms with Gasteiger partial charge in [0.25, 0.3) is 0 Å². The Labute approximate surface area is 121 Å². The summed E-state index contributed by atoms with van der Waals surface area (Å²) >= 11 is 2.03. The Morgan fingerprint density at radius 3 is 2.74 bits per heavy atom. The van der Waals surface area contributed by atoms with Gasteiger partial charge in [-0.3, -0.25) is 4.79 Å². The molecule has 1 atom stereocenters. The van der Waals surface area contributed by atoms with Crippen molar-refractivity contribution in [3.05, 3.63) is 0 Å². The molecule has 2 rings (SSSR count). The highest BCUT2D eigenvalue weighted by molar-refractivity contribution is 8.00. The lowest BCUT2D eigenvalue weighted by Crippen LogP contribution is -2.51. The molecule has 3 nitrogen and oxygen atoms in total. The van der Waals surface area contributed by atoms with Crippen molar-refractivity contribution in [2.45, 2.75) is 62.7 Å². The largest absolute Gasteiger partial charge is 0.341 e. The molecule has 0 spiro atoms. The van der Waals surface area contributed by atoms with Crippen molar-refractivity contribution in [2.24, 2.45) is 0 Å². The van der Waals surface area contributed by atoms with Crippen LogP contribution in [0, 0.1) is 0 Å². The zero-order valence-electron chi connectivity index (χ0n) is 12.4. The second-order valence-electron chi connectivity index (χ2n) is 6.01. The molecule has 0 bridgehead atoms. The molecule has 1 unspecified atom stereocenters. The van der Waals surface area contributed by atoms with Gasteiger partial charge in [0.1, 0.15) is 0 Å². The Bertz CT molecular complexity index is 303. The van der Waals surface area contributed by atoms with Gasteiger partial charge < -0.3 is 10.2 Å². The molecule has 4 heteroatoms. The first-order chi connectivity index (χ1) is 9.19. The van der Waals surface area contributed by atoms with E-state index in [1.165, 1.54) is 25.7 Å².